The lowest BCUT2D eigenvalue weighted by Gasteiger charge is -2.11. The van der Waals surface area contributed by atoms with Gasteiger partial charge in [-0.2, -0.15) is 8.78 Å². The summed E-state index contributed by atoms with van der Waals surface area (Å²) >= 11 is 0. The SMILES string of the molecule is Cc1nc(-c2ccc(OC(F)F)cc2)c(N)n1C(C)C. The van der Waals surface area contributed by atoms with E-state index in [2.05, 4.69) is 9.72 Å². The molecular formula is C14H17F2N3O. The molecule has 0 unspecified atom stereocenters. The number of hydrogen-bond donors (Lipinski definition) is 1. The molecule has 20 heavy (non-hydrogen) atoms. The number of imidazole rings is 1. The molecule has 1 aromatic carbocycles. The van der Waals surface area contributed by atoms with E-state index in [4.69, 9.17) is 5.73 Å². The van der Waals surface area contributed by atoms with Gasteiger partial charge in [-0.1, -0.05) is 0 Å². The average Bonchev–Trinajstić information content (AvgIpc) is 2.65. The lowest BCUT2D eigenvalue weighted by molar-refractivity contribution is -0.0498. The van der Waals surface area contributed by atoms with Gasteiger partial charge in [0.1, 0.15) is 23.1 Å². The van der Waals surface area contributed by atoms with Crippen LogP contribution in [0.4, 0.5) is 14.6 Å². The molecule has 0 saturated heterocycles. The van der Waals surface area contributed by atoms with Gasteiger partial charge < -0.3 is 15.0 Å². The Morgan fingerprint density at radius 3 is 2.25 bits per heavy atom. The Hall–Kier alpha value is -2.11. The summed E-state index contributed by atoms with van der Waals surface area (Å²) in [6.45, 7) is 3.10. The molecule has 2 N–H and O–H groups in total. The maximum absolute atomic E-state index is 12.1. The van der Waals surface area contributed by atoms with Gasteiger partial charge in [0, 0.05) is 11.6 Å². The van der Waals surface area contributed by atoms with Gasteiger partial charge in [0.05, 0.1) is 0 Å². The van der Waals surface area contributed by atoms with Crippen LogP contribution in [0.25, 0.3) is 11.3 Å². The highest BCUT2D eigenvalue weighted by atomic mass is 19.3. The zero-order valence-electron chi connectivity index (χ0n) is 11.6. The molecule has 0 spiro atoms. The highest BCUT2D eigenvalue weighted by molar-refractivity contribution is 5.71. The maximum atomic E-state index is 12.1. The van der Waals surface area contributed by atoms with Crippen LogP contribution in [0.2, 0.25) is 0 Å². The number of alkyl halides is 2. The Morgan fingerprint density at radius 2 is 1.80 bits per heavy atom. The third kappa shape index (κ3) is 2.74. The van der Waals surface area contributed by atoms with Crippen molar-refractivity contribution in [1.82, 2.24) is 9.55 Å². The number of nitrogen functional groups attached to an aromatic ring is 1. The summed E-state index contributed by atoms with van der Waals surface area (Å²) in [5.41, 5.74) is 7.53. The molecule has 6 heteroatoms. The summed E-state index contributed by atoms with van der Waals surface area (Å²) in [6, 6.07) is 6.49. The van der Waals surface area contributed by atoms with Crippen LogP contribution >= 0.6 is 0 Å². The van der Waals surface area contributed by atoms with Gasteiger partial charge in [0.15, 0.2) is 0 Å². The molecule has 0 aliphatic rings. The van der Waals surface area contributed by atoms with E-state index in [1.807, 2.05) is 25.3 Å². The molecule has 2 aromatic rings. The van der Waals surface area contributed by atoms with Gasteiger partial charge in [-0.3, -0.25) is 0 Å². The number of aryl methyl sites for hydroxylation is 1. The second-order valence-corrected chi connectivity index (χ2v) is 4.76. The molecule has 0 aliphatic carbocycles. The molecule has 0 fully saturated rings. The van der Waals surface area contributed by atoms with E-state index in [9.17, 15) is 8.78 Å². The molecule has 0 aliphatic heterocycles. The van der Waals surface area contributed by atoms with Crippen molar-refractivity contribution in [2.45, 2.75) is 33.4 Å². The first kappa shape index (κ1) is 14.3. The highest BCUT2D eigenvalue weighted by Gasteiger charge is 2.15. The minimum absolute atomic E-state index is 0.113. The van der Waals surface area contributed by atoms with Crippen LogP contribution in [-0.4, -0.2) is 16.2 Å². The predicted octanol–water partition coefficient (Wildman–Crippen LogP) is 3.62. The Balaban J connectivity index is 2.35. The summed E-state index contributed by atoms with van der Waals surface area (Å²) in [4.78, 5) is 4.44. The minimum atomic E-state index is -2.83. The fourth-order valence-electron chi connectivity index (χ4n) is 2.22. The Bertz CT molecular complexity index is 591. The monoisotopic (exact) mass is 281 g/mol. The summed E-state index contributed by atoms with van der Waals surface area (Å²) in [5, 5.41) is 0. The van der Waals surface area contributed by atoms with Crippen molar-refractivity contribution in [1.29, 1.82) is 0 Å². The molecule has 1 heterocycles. The van der Waals surface area contributed by atoms with Crippen molar-refractivity contribution >= 4 is 5.82 Å². The lowest BCUT2D eigenvalue weighted by Crippen LogP contribution is -2.07. The quantitative estimate of drug-likeness (QED) is 0.931. The number of rotatable bonds is 4. The number of halogens is 2. The maximum Gasteiger partial charge on any atom is 0.387 e. The summed E-state index contributed by atoms with van der Waals surface area (Å²) in [5.74, 6) is 1.50. The van der Waals surface area contributed by atoms with Gasteiger partial charge in [0.2, 0.25) is 0 Å². The third-order valence-corrected chi connectivity index (χ3v) is 2.99. The number of nitrogens with two attached hydrogens (primary N) is 1. The summed E-state index contributed by atoms with van der Waals surface area (Å²) in [7, 11) is 0. The second kappa shape index (κ2) is 5.48. The van der Waals surface area contributed by atoms with E-state index in [0.29, 0.717) is 11.5 Å². The number of nitrogens with zero attached hydrogens (tertiary/aromatic N) is 2. The Kier molecular flexibility index (Phi) is 3.92. The average molecular weight is 281 g/mol. The summed E-state index contributed by atoms with van der Waals surface area (Å²) in [6.07, 6.45) is 0. The van der Waals surface area contributed by atoms with Crippen molar-refractivity contribution in [3.63, 3.8) is 0 Å². The van der Waals surface area contributed by atoms with E-state index in [1.165, 1.54) is 12.1 Å². The summed E-state index contributed by atoms with van der Waals surface area (Å²) < 4.78 is 30.4. The van der Waals surface area contributed by atoms with Crippen LogP contribution in [0.15, 0.2) is 24.3 Å². The zero-order chi connectivity index (χ0) is 14.9. The van der Waals surface area contributed by atoms with E-state index >= 15 is 0 Å². The van der Waals surface area contributed by atoms with Crippen LogP contribution in [0, 0.1) is 6.92 Å². The van der Waals surface area contributed by atoms with Crippen molar-refractivity contribution in [3.05, 3.63) is 30.1 Å². The van der Waals surface area contributed by atoms with Crippen molar-refractivity contribution < 1.29 is 13.5 Å². The molecule has 0 bridgehead atoms. The molecule has 0 radical (unpaired) electrons. The molecule has 2 rings (SSSR count). The van der Waals surface area contributed by atoms with Gasteiger partial charge in [-0.25, -0.2) is 4.98 Å². The largest absolute Gasteiger partial charge is 0.435 e. The predicted molar refractivity (Wildman–Crippen MR) is 73.8 cm³/mol. The van der Waals surface area contributed by atoms with Crippen molar-refractivity contribution in [3.8, 4) is 17.0 Å². The Labute approximate surface area is 116 Å². The Morgan fingerprint density at radius 1 is 1.20 bits per heavy atom. The first-order valence-corrected chi connectivity index (χ1v) is 6.29. The smallest absolute Gasteiger partial charge is 0.387 e. The fourth-order valence-corrected chi connectivity index (χ4v) is 2.22. The molecular weight excluding hydrogens is 264 g/mol. The fraction of sp³-hybridized carbons (Fsp3) is 0.357. The number of anilines is 1. The van der Waals surface area contributed by atoms with Crippen molar-refractivity contribution in [2.24, 2.45) is 0 Å². The standard InChI is InChI=1S/C14H17F2N3O/c1-8(2)19-9(3)18-12(13(19)17)10-4-6-11(7-5-10)20-14(15)16/h4-8,14H,17H2,1-3H3. The molecule has 0 atom stereocenters. The zero-order valence-corrected chi connectivity index (χ0v) is 11.6. The normalized spacial score (nSPS) is 11.3. The van der Waals surface area contributed by atoms with E-state index in [0.717, 1.165) is 11.4 Å². The van der Waals surface area contributed by atoms with Gasteiger partial charge >= 0.3 is 6.61 Å². The first-order valence-electron chi connectivity index (χ1n) is 6.29. The molecule has 0 saturated carbocycles. The second-order valence-electron chi connectivity index (χ2n) is 4.76. The highest BCUT2D eigenvalue weighted by Crippen LogP contribution is 2.30. The number of ether oxygens (including phenoxy) is 1. The van der Waals surface area contributed by atoms with Gasteiger partial charge in [0.25, 0.3) is 0 Å². The van der Waals surface area contributed by atoms with Gasteiger partial charge in [-0.05, 0) is 45.0 Å². The van der Waals surface area contributed by atoms with Crippen LogP contribution in [0.1, 0.15) is 25.7 Å². The first-order chi connectivity index (χ1) is 9.40. The van der Waals surface area contributed by atoms with Crippen LogP contribution in [0.5, 0.6) is 5.75 Å². The van der Waals surface area contributed by atoms with E-state index in [-0.39, 0.29) is 11.8 Å². The molecule has 0 amide bonds. The number of aromatic nitrogens is 2. The van der Waals surface area contributed by atoms with E-state index < -0.39 is 6.61 Å². The van der Waals surface area contributed by atoms with Crippen molar-refractivity contribution in [2.75, 3.05) is 5.73 Å². The van der Waals surface area contributed by atoms with Crippen LogP contribution in [-0.2, 0) is 0 Å². The number of hydrogen-bond acceptors (Lipinski definition) is 3. The number of benzene rings is 1. The molecule has 1 aromatic heterocycles. The van der Waals surface area contributed by atoms with Crippen LogP contribution in [0.3, 0.4) is 0 Å². The molecule has 108 valence electrons. The van der Waals surface area contributed by atoms with E-state index in [1.54, 1.807) is 12.1 Å². The van der Waals surface area contributed by atoms with Gasteiger partial charge in [-0.15, -0.1) is 0 Å². The van der Waals surface area contributed by atoms with Crippen LogP contribution < -0.4 is 10.5 Å². The molecule has 4 nitrogen and oxygen atoms in total. The third-order valence-electron chi connectivity index (χ3n) is 2.99. The minimum Gasteiger partial charge on any atom is -0.435 e. The lowest BCUT2D eigenvalue weighted by atomic mass is 10.1. The topological polar surface area (TPSA) is 53.1 Å².